The molecule has 8 heteroatoms. The molecule has 2 heterocycles. The Bertz CT molecular complexity index is 1330. The highest BCUT2D eigenvalue weighted by molar-refractivity contribution is 7.13. The Balaban J connectivity index is 1.88. The highest BCUT2D eigenvalue weighted by atomic mass is 32.1. The van der Waals surface area contributed by atoms with Gasteiger partial charge in [0.05, 0.1) is 36.0 Å². The van der Waals surface area contributed by atoms with Crippen LogP contribution in [0, 0.1) is 0 Å². The van der Waals surface area contributed by atoms with Crippen molar-refractivity contribution >= 4 is 23.3 Å². The van der Waals surface area contributed by atoms with Gasteiger partial charge in [-0.3, -0.25) is 0 Å². The number of rotatable bonds is 7. The van der Waals surface area contributed by atoms with Crippen LogP contribution in [-0.4, -0.2) is 35.2 Å². The first-order valence-corrected chi connectivity index (χ1v) is 12.6. The number of benzene rings is 2. The molecule has 0 spiro atoms. The third-order valence-electron chi connectivity index (χ3n) is 5.90. The highest BCUT2D eigenvalue weighted by Gasteiger charge is 2.39. The molecule has 0 amide bonds. The number of ether oxygens (including phenoxy) is 2. The summed E-state index contributed by atoms with van der Waals surface area (Å²) in [7, 11) is 0. The van der Waals surface area contributed by atoms with Crippen LogP contribution < -0.4 is 5.32 Å². The van der Waals surface area contributed by atoms with Gasteiger partial charge in [0.15, 0.2) is 0 Å². The van der Waals surface area contributed by atoms with Crippen molar-refractivity contribution in [3.05, 3.63) is 82.0 Å². The molecule has 0 unspecified atom stereocenters. The molecule has 0 saturated carbocycles. The molecule has 1 aliphatic heterocycles. The summed E-state index contributed by atoms with van der Waals surface area (Å²) in [5.41, 5.74) is 5.04. The van der Waals surface area contributed by atoms with Crippen molar-refractivity contribution in [2.45, 2.75) is 33.6 Å². The van der Waals surface area contributed by atoms with Crippen molar-refractivity contribution < 1.29 is 24.2 Å². The van der Waals surface area contributed by atoms with Crippen molar-refractivity contribution in [2.24, 2.45) is 0 Å². The van der Waals surface area contributed by atoms with Crippen LogP contribution in [0.25, 0.3) is 21.8 Å². The predicted octanol–water partition coefficient (Wildman–Crippen LogP) is 5.54. The van der Waals surface area contributed by atoms with E-state index >= 15 is 0 Å². The van der Waals surface area contributed by atoms with Crippen molar-refractivity contribution in [3.63, 3.8) is 0 Å². The molecule has 0 radical (unpaired) electrons. The second-order valence-electron chi connectivity index (χ2n) is 8.25. The largest absolute Gasteiger partial charge is 0.508 e. The van der Waals surface area contributed by atoms with E-state index in [1.807, 2.05) is 35.7 Å². The first-order valence-electron chi connectivity index (χ1n) is 11.7. The molecule has 3 aromatic rings. The maximum atomic E-state index is 13.2. The van der Waals surface area contributed by atoms with E-state index in [-0.39, 0.29) is 19.0 Å². The van der Waals surface area contributed by atoms with Crippen LogP contribution in [0.15, 0.2) is 76.5 Å². The van der Waals surface area contributed by atoms with Crippen molar-refractivity contribution in [3.8, 4) is 27.6 Å². The minimum absolute atomic E-state index is 0.163. The number of dihydropyridines is 1. The monoisotopic (exact) mass is 504 g/mol. The molecular weight excluding hydrogens is 476 g/mol. The Labute approximate surface area is 214 Å². The predicted molar refractivity (Wildman–Crippen MR) is 139 cm³/mol. The summed E-state index contributed by atoms with van der Waals surface area (Å²) in [4.78, 5) is 31.1. The maximum absolute atomic E-state index is 13.2. The molecule has 2 N–H and O–H groups in total. The van der Waals surface area contributed by atoms with Gasteiger partial charge in [-0.2, -0.15) is 0 Å². The van der Waals surface area contributed by atoms with Gasteiger partial charge >= 0.3 is 11.9 Å². The van der Waals surface area contributed by atoms with Crippen molar-refractivity contribution in [1.82, 2.24) is 10.3 Å². The Morgan fingerprint density at radius 2 is 1.61 bits per heavy atom. The molecule has 4 rings (SSSR count). The Morgan fingerprint density at radius 3 is 2.22 bits per heavy atom. The van der Waals surface area contributed by atoms with Crippen LogP contribution in [0.3, 0.4) is 0 Å². The van der Waals surface area contributed by atoms with Gasteiger partial charge in [-0.1, -0.05) is 36.4 Å². The van der Waals surface area contributed by atoms with Gasteiger partial charge in [0, 0.05) is 27.9 Å². The van der Waals surface area contributed by atoms with Crippen LogP contribution in [0.4, 0.5) is 0 Å². The molecular formula is C28H28N2O5S. The topological polar surface area (TPSA) is 97.8 Å². The molecule has 7 nitrogen and oxygen atoms in total. The number of aromatic nitrogens is 1. The number of carbonyl (C=O) groups is 2. The smallest absolute Gasteiger partial charge is 0.336 e. The lowest BCUT2D eigenvalue weighted by Gasteiger charge is -2.31. The fourth-order valence-electron chi connectivity index (χ4n) is 4.40. The van der Waals surface area contributed by atoms with Crippen LogP contribution in [0.2, 0.25) is 0 Å². The first kappa shape index (κ1) is 25.2. The number of phenolic OH excluding ortho intramolecular Hbond substituents is 1. The summed E-state index contributed by atoms with van der Waals surface area (Å²) in [5.74, 6) is -1.52. The molecule has 2 aromatic carbocycles. The quantitative estimate of drug-likeness (QED) is 0.408. The summed E-state index contributed by atoms with van der Waals surface area (Å²) in [6.45, 7) is 7.52. The number of allylic oxidation sites excluding steroid dienone is 2. The van der Waals surface area contributed by atoms with Crippen LogP contribution in [-0.2, 0) is 19.1 Å². The second-order valence-corrected chi connectivity index (χ2v) is 9.11. The van der Waals surface area contributed by atoms with Gasteiger partial charge in [0.25, 0.3) is 0 Å². The zero-order chi connectivity index (χ0) is 25.8. The number of thiazole rings is 1. The van der Waals surface area contributed by atoms with Crippen molar-refractivity contribution in [1.29, 1.82) is 0 Å². The molecule has 0 fully saturated rings. The number of hydrogen-bond acceptors (Lipinski definition) is 8. The molecule has 186 valence electrons. The SMILES string of the molecule is CCOC(=O)C1=C(C)NC(C)=C(C(=O)OCC)C1c1ccccc1-c1nc(-c2cccc(O)c2)cs1. The molecule has 36 heavy (non-hydrogen) atoms. The van der Waals surface area contributed by atoms with E-state index in [1.54, 1.807) is 45.9 Å². The summed E-state index contributed by atoms with van der Waals surface area (Å²) < 4.78 is 10.8. The summed E-state index contributed by atoms with van der Waals surface area (Å²) in [5, 5.41) is 15.7. The van der Waals surface area contributed by atoms with Gasteiger partial charge in [-0.25, -0.2) is 14.6 Å². The summed E-state index contributed by atoms with van der Waals surface area (Å²) in [6.07, 6.45) is 0. The zero-order valence-corrected chi connectivity index (χ0v) is 21.4. The standard InChI is InChI=1S/C28H28N2O5S/c1-5-34-27(32)23-16(3)29-17(4)24(28(33)35-6-2)25(23)20-12-7-8-13-21(20)26-30-22(15-36-26)18-10-9-11-19(31)14-18/h7-15,25,29,31H,5-6H2,1-4H3. The number of nitrogens with zero attached hydrogens (tertiary/aromatic N) is 1. The summed E-state index contributed by atoms with van der Waals surface area (Å²) in [6, 6.07) is 14.5. The minimum Gasteiger partial charge on any atom is -0.508 e. The van der Waals surface area contributed by atoms with Crippen LogP contribution in [0.5, 0.6) is 5.75 Å². The normalized spacial score (nSPS) is 14.0. The van der Waals surface area contributed by atoms with Crippen molar-refractivity contribution in [2.75, 3.05) is 13.2 Å². The van der Waals surface area contributed by atoms with Crippen LogP contribution >= 0.6 is 11.3 Å². The van der Waals surface area contributed by atoms with E-state index in [9.17, 15) is 14.7 Å². The van der Waals surface area contributed by atoms with E-state index in [2.05, 4.69) is 5.32 Å². The maximum Gasteiger partial charge on any atom is 0.336 e. The Hall–Kier alpha value is -3.91. The summed E-state index contributed by atoms with van der Waals surface area (Å²) >= 11 is 1.45. The highest BCUT2D eigenvalue weighted by Crippen LogP contribution is 2.44. The van der Waals surface area contributed by atoms with Gasteiger partial charge in [-0.15, -0.1) is 11.3 Å². The third-order valence-corrected chi connectivity index (χ3v) is 6.77. The van der Waals surface area contributed by atoms with Gasteiger partial charge in [-0.05, 0) is 45.4 Å². The third kappa shape index (κ3) is 4.90. The minimum atomic E-state index is -0.700. The lowest BCUT2D eigenvalue weighted by molar-refractivity contribution is -0.139. The fourth-order valence-corrected chi connectivity index (χ4v) is 5.28. The van der Waals surface area contributed by atoms with E-state index in [1.165, 1.54) is 11.3 Å². The van der Waals surface area contributed by atoms with Crippen LogP contribution in [0.1, 0.15) is 39.2 Å². The van der Waals surface area contributed by atoms with Gasteiger partial charge < -0.3 is 19.9 Å². The van der Waals surface area contributed by atoms with E-state index in [0.29, 0.717) is 22.5 Å². The van der Waals surface area contributed by atoms with E-state index in [0.717, 1.165) is 27.4 Å². The average Bonchev–Trinajstić information content (AvgIpc) is 3.34. The number of esters is 2. The first-order chi connectivity index (χ1) is 17.3. The lowest BCUT2D eigenvalue weighted by atomic mass is 9.78. The Kier molecular flexibility index (Phi) is 7.55. The van der Waals surface area contributed by atoms with Gasteiger partial charge in [0.2, 0.25) is 0 Å². The molecule has 0 bridgehead atoms. The molecule has 1 aliphatic rings. The van der Waals surface area contributed by atoms with E-state index < -0.39 is 17.9 Å². The second kappa shape index (κ2) is 10.8. The number of hydrogen-bond donors (Lipinski definition) is 2. The van der Waals surface area contributed by atoms with E-state index in [4.69, 9.17) is 14.5 Å². The fraction of sp³-hybridized carbons (Fsp3) is 0.250. The molecule has 0 saturated heterocycles. The Morgan fingerprint density at radius 1 is 0.972 bits per heavy atom. The molecule has 0 atom stereocenters. The number of phenols is 1. The molecule has 0 aliphatic carbocycles. The number of aromatic hydroxyl groups is 1. The zero-order valence-electron chi connectivity index (χ0n) is 20.6. The lowest BCUT2D eigenvalue weighted by Crippen LogP contribution is -2.32. The average molecular weight is 505 g/mol. The number of carbonyl (C=O) groups excluding carboxylic acids is 2. The molecule has 1 aromatic heterocycles. The van der Waals surface area contributed by atoms with Gasteiger partial charge in [0.1, 0.15) is 10.8 Å². The number of nitrogens with one attached hydrogen (secondary N) is 1.